The lowest BCUT2D eigenvalue weighted by Crippen LogP contribution is -2.22. The van der Waals surface area contributed by atoms with Gasteiger partial charge in [0, 0.05) is 11.9 Å². The van der Waals surface area contributed by atoms with Crippen LogP contribution in [0.4, 0.5) is 0 Å². The zero-order valence-electron chi connectivity index (χ0n) is 9.37. The largest absolute Gasteiger partial charge is 0.348 e. The first kappa shape index (κ1) is 12.6. The summed E-state index contributed by atoms with van der Waals surface area (Å²) >= 11 is 3.80. The summed E-state index contributed by atoms with van der Waals surface area (Å²) in [5.74, 6) is -0.00950. The van der Waals surface area contributed by atoms with Crippen LogP contribution in [0, 0.1) is 9.81 Å². The molecule has 1 aromatic carbocycles. The molecular formula is C13H12INOS. The molecule has 0 spiro atoms. The van der Waals surface area contributed by atoms with E-state index < -0.39 is 0 Å². The van der Waals surface area contributed by atoms with Gasteiger partial charge in [-0.1, -0.05) is 29.8 Å². The van der Waals surface area contributed by atoms with Crippen molar-refractivity contribution in [2.24, 2.45) is 0 Å². The minimum Gasteiger partial charge on any atom is -0.348 e. The van der Waals surface area contributed by atoms with Crippen LogP contribution in [0.5, 0.6) is 0 Å². The van der Waals surface area contributed by atoms with E-state index in [0.29, 0.717) is 6.54 Å². The van der Waals surface area contributed by atoms with E-state index in [1.165, 1.54) is 5.56 Å². The Morgan fingerprint density at radius 3 is 2.65 bits per heavy atom. The highest BCUT2D eigenvalue weighted by molar-refractivity contribution is 14.1. The van der Waals surface area contributed by atoms with E-state index in [-0.39, 0.29) is 5.91 Å². The number of benzene rings is 1. The number of thiophene rings is 1. The van der Waals surface area contributed by atoms with Gasteiger partial charge in [-0.15, -0.1) is 11.3 Å². The Hall–Kier alpha value is -0.880. The van der Waals surface area contributed by atoms with Crippen molar-refractivity contribution in [1.29, 1.82) is 0 Å². The molecular weight excluding hydrogens is 345 g/mol. The third kappa shape index (κ3) is 3.54. The molecule has 2 nitrogen and oxygen atoms in total. The van der Waals surface area contributed by atoms with Crippen LogP contribution in [0.1, 0.15) is 21.5 Å². The fourth-order valence-corrected chi connectivity index (χ4v) is 2.75. The molecule has 1 heterocycles. The smallest absolute Gasteiger partial charge is 0.252 e. The highest BCUT2D eigenvalue weighted by Crippen LogP contribution is 2.16. The monoisotopic (exact) mass is 357 g/mol. The second-order valence-corrected chi connectivity index (χ2v) is 6.61. The fraction of sp³-hybridized carbons (Fsp3) is 0.154. The summed E-state index contributed by atoms with van der Waals surface area (Å²) in [6.07, 6.45) is 0. The molecule has 2 rings (SSSR count). The van der Waals surface area contributed by atoms with Gasteiger partial charge in [-0.3, -0.25) is 4.79 Å². The van der Waals surface area contributed by atoms with Crippen LogP contribution in [0.3, 0.4) is 0 Å². The summed E-state index contributed by atoms with van der Waals surface area (Å²) in [6, 6.07) is 10.1. The first-order valence-corrected chi connectivity index (χ1v) is 7.19. The molecule has 4 heteroatoms. The Bertz CT molecular complexity index is 518. The van der Waals surface area contributed by atoms with E-state index in [0.717, 1.165) is 14.0 Å². The molecule has 0 aliphatic heterocycles. The van der Waals surface area contributed by atoms with Crippen molar-refractivity contribution in [1.82, 2.24) is 5.32 Å². The molecule has 1 aromatic heterocycles. The number of hydrogen-bond donors (Lipinski definition) is 1. The van der Waals surface area contributed by atoms with Gasteiger partial charge in [-0.05, 0) is 41.1 Å². The van der Waals surface area contributed by atoms with E-state index in [4.69, 9.17) is 0 Å². The minimum absolute atomic E-state index is 0.00950. The van der Waals surface area contributed by atoms with E-state index >= 15 is 0 Å². The Labute approximate surface area is 118 Å². The first-order chi connectivity index (χ1) is 8.15. The Kier molecular flexibility index (Phi) is 4.17. The van der Waals surface area contributed by atoms with Crippen molar-refractivity contribution in [3.8, 4) is 0 Å². The average molecular weight is 357 g/mol. The lowest BCUT2D eigenvalue weighted by molar-refractivity contribution is 0.0951. The van der Waals surface area contributed by atoms with Crippen molar-refractivity contribution in [2.45, 2.75) is 13.5 Å². The Morgan fingerprint density at radius 2 is 2.06 bits per heavy atom. The highest BCUT2D eigenvalue weighted by Gasteiger charge is 2.06. The summed E-state index contributed by atoms with van der Waals surface area (Å²) in [6.45, 7) is 2.63. The molecule has 0 atom stereocenters. The predicted octanol–water partition coefficient (Wildman–Crippen LogP) is 3.59. The molecule has 0 radical (unpaired) electrons. The molecule has 1 amide bonds. The molecule has 88 valence electrons. The maximum absolute atomic E-state index is 11.8. The molecule has 1 N–H and O–H groups in total. The number of halogens is 1. The summed E-state index contributed by atoms with van der Waals surface area (Å²) in [5.41, 5.74) is 3.09. The summed E-state index contributed by atoms with van der Waals surface area (Å²) in [5, 5.41) is 4.79. The van der Waals surface area contributed by atoms with Gasteiger partial charge in [-0.2, -0.15) is 0 Å². The number of amides is 1. The highest BCUT2D eigenvalue weighted by atomic mass is 127. The van der Waals surface area contributed by atoms with Crippen LogP contribution >= 0.6 is 33.9 Å². The number of carbonyl (C=O) groups excluding carboxylic acids is 1. The maximum Gasteiger partial charge on any atom is 0.252 e. The zero-order valence-corrected chi connectivity index (χ0v) is 12.3. The Morgan fingerprint density at radius 1 is 1.35 bits per heavy atom. The van der Waals surface area contributed by atoms with Crippen molar-refractivity contribution in [2.75, 3.05) is 0 Å². The molecule has 2 aromatic rings. The topological polar surface area (TPSA) is 29.1 Å². The van der Waals surface area contributed by atoms with Crippen LogP contribution in [0.25, 0.3) is 0 Å². The standard InChI is InChI=1S/C13H12INOS/c1-9-2-4-10(5-3-9)7-15-13(16)11-6-12(14)17-8-11/h2-6,8H,7H2,1H3,(H,15,16). The van der Waals surface area contributed by atoms with Crippen molar-refractivity contribution < 1.29 is 4.79 Å². The van der Waals surface area contributed by atoms with Crippen molar-refractivity contribution in [3.05, 3.63) is 55.3 Å². The van der Waals surface area contributed by atoms with Gasteiger partial charge in [0.1, 0.15) is 0 Å². The van der Waals surface area contributed by atoms with Gasteiger partial charge in [0.15, 0.2) is 0 Å². The lowest BCUT2D eigenvalue weighted by atomic mass is 10.1. The Balaban J connectivity index is 1.94. The van der Waals surface area contributed by atoms with E-state index in [2.05, 4.69) is 47.0 Å². The molecule has 17 heavy (non-hydrogen) atoms. The summed E-state index contributed by atoms with van der Waals surface area (Å²) in [4.78, 5) is 11.8. The SMILES string of the molecule is Cc1ccc(CNC(=O)c2csc(I)c2)cc1. The van der Waals surface area contributed by atoms with Crippen molar-refractivity contribution in [3.63, 3.8) is 0 Å². The lowest BCUT2D eigenvalue weighted by Gasteiger charge is -2.04. The molecule has 0 aliphatic carbocycles. The second kappa shape index (κ2) is 5.64. The summed E-state index contributed by atoms with van der Waals surface area (Å²) < 4.78 is 1.13. The van der Waals surface area contributed by atoms with Gasteiger partial charge in [0.2, 0.25) is 0 Å². The van der Waals surface area contributed by atoms with Gasteiger partial charge >= 0.3 is 0 Å². The van der Waals surface area contributed by atoms with Gasteiger partial charge < -0.3 is 5.32 Å². The van der Waals surface area contributed by atoms with Crippen LogP contribution < -0.4 is 5.32 Å². The van der Waals surface area contributed by atoms with Gasteiger partial charge in [0.25, 0.3) is 5.91 Å². The zero-order chi connectivity index (χ0) is 12.3. The van der Waals surface area contributed by atoms with E-state index in [1.807, 2.05) is 23.6 Å². The molecule has 0 bridgehead atoms. The summed E-state index contributed by atoms with van der Waals surface area (Å²) in [7, 11) is 0. The molecule has 0 aliphatic rings. The fourth-order valence-electron chi connectivity index (χ4n) is 1.42. The number of hydrogen-bond acceptors (Lipinski definition) is 2. The molecule has 0 unspecified atom stereocenters. The van der Waals surface area contributed by atoms with E-state index in [1.54, 1.807) is 11.3 Å². The normalized spacial score (nSPS) is 10.2. The van der Waals surface area contributed by atoms with Crippen LogP contribution in [-0.2, 0) is 6.54 Å². The maximum atomic E-state index is 11.8. The minimum atomic E-state index is -0.00950. The number of rotatable bonds is 3. The third-order valence-corrected chi connectivity index (χ3v) is 4.19. The third-order valence-electron chi connectivity index (χ3n) is 2.40. The second-order valence-electron chi connectivity index (χ2n) is 3.81. The number of aryl methyl sites for hydroxylation is 1. The number of carbonyl (C=O) groups is 1. The molecule has 0 saturated heterocycles. The average Bonchev–Trinajstić information content (AvgIpc) is 2.75. The quantitative estimate of drug-likeness (QED) is 0.836. The van der Waals surface area contributed by atoms with E-state index in [9.17, 15) is 4.79 Å². The molecule has 0 saturated carbocycles. The number of nitrogens with one attached hydrogen (secondary N) is 1. The van der Waals surface area contributed by atoms with Gasteiger partial charge in [0.05, 0.1) is 8.45 Å². The van der Waals surface area contributed by atoms with Crippen LogP contribution in [0.15, 0.2) is 35.7 Å². The first-order valence-electron chi connectivity index (χ1n) is 5.23. The van der Waals surface area contributed by atoms with Crippen LogP contribution in [-0.4, -0.2) is 5.91 Å². The molecule has 0 fully saturated rings. The predicted molar refractivity (Wildman–Crippen MR) is 79.4 cm³/mol. The van der Waals surface area contributed by atoms with Crippen LogP contribution in [0.2, 0.25) is 0 Å². The van der Waals surface area contributed by atoms with Gasteiger partial charge in [-0.25, -0.2) is 0 Å². The van der Waals surface area contributed by atoms with Crippen molar-refractivity contribution >= 4 is 39.8 Å².